The van der Waals surface area contributed by atoms with E-state index in [0.29, 0.717) is 5.92 Å². The van der Waals surface area contributed by atoms with Crippen LogP contribution < -0.4 is 4.57 Å². The van der Waals surface area contributed by atoms with Crippen molar-refractivity contribution in [1.82, 2.24) is 0 Å². The number of hydrogen-bond donors (Lipinski definition) is 0. The summed E-state index contributed by atoms with van der Waals surface area (Å²) in [4.78, 5) is 0. The summed E-state index contributed by atoms with van der Waals surface area (Å²) in [6.45, 7) is 16.2. The van der Waals surface area contributed by atoms with E-state index in [1.807, 2.05) is 0 Å². The zero-order chi connectivity index (χ0) is 22.2. The predicted octanol–water partition coefficient (Wildman–Crippen LogP) is 7.25. The minimum atomic E-state index is -0.0504. The predicted molar refractivity (Wildman–Crippen MR) is 133 cm³/mol. The molecule has 1 aliphatic rings. The molecule has 0 atom stereocenters. The van der Waals surface area contributed by atoms with Crippen LogP contribution in [0.1, 0.15) is 61.1 Å². The Morgan fingerprint density at radius 2 is 1.68 bits per heavy atom. The Hall–Kier alpha value is -2.67. The Morgan fingerprint density at radius 3 is 2.39 bits per heavy atom. The molecule has 0 fully saturated rings. The second-order valence-corrected chi connectivity index (χ2v) is 10.6. The van der Waals surface area contributed by atoms with Crippen LogP contribution >= 0.6 is 0 Å². The topological polar surface area (TPSA) is 3.88 Å². The molecule has 1 nitrogen and oxygen atoms in total. The van der Waals surface area contributed by atoms with Crippen molar-refractivity contribution >= 4 is 21.7 Å². The van der Waals surface area contributed by atoms with Gasteiger partial charge >= 0.3 is 0 Å². The number of benzene rings is 3. The summed E-state index contributed by atoms with van der Waals surface area (Å²) < 4.78 is 2.47. The third-order valence-corrected chi connectivity index (χ3v) is 7.53. The molecular weight excluding hydrogens is 374 g/mol. The lowest BCUT2D eigenvalue weighted by molar-refractivity contribution is -0.634. The van der Waals surface area contributed by atoms with Crippen LogP contribution in [-0.4, -0.2) is 0 Å². The van der Waals surface area contributed by atoms with E-state index >= 15 is 0 Å². The van der Waals surface area contributed by atoms with Gasteiger partial charge in [-0.1, -0.05) is 63.6 Å². The van der Waals surface area contributed by atoms with Gasteiger partial charge in [0.25, 0.3) is 0 Å². The number of pyridine rings is 1. The van der Waals surface area contributed by atoms with Crippen molar-refractivity contribution in [2.75, 3.05) is 0 Å². The maximum Gasteiger partial charge on any atom is 0.217 e. The summed E-state index contributed by atoms with van der Waals surface area (Å²) in [5, 5.41) is 4.23. The summed E-state index contributed by atoms with van der Waals surface area (Å²) in [6.07, 6.45) is 1.11. The number of hydrogen-bond acceptors (Lipinski definition) is 0. The van der Waals surface area contributed by atoms with Crippen LogP contribution in [0.15, 0.2) is 42.5 Å². The van der Waals surface area contributed by atoms with Crippen LogP contribution in [0.5, 0.6) is 0 Å². The average Bonchev–Trinajstić information content (AvgIpc) is 2.68. The minimum absolute atomic E-state index is 0.0504. The molecule has 0 saturated heterocycles. The second-order valence-electron chi connectivity index (χ2n) is 10.6. The van der Waals surface area contributed by atoms with Crippen LogP contribution in [0.3, 0.4) is 0 Å². The fourth-order valence-electron chi connectivity index (χ4n) is 5.84. The van der Waals surface area contributed by atoms with E-state index < -0.39 is 0 Å². The van der Waals surface area contributed by atoms with Crippen LogP contribution in [0.2, 0.25) is 0 Å². The first kappa shape index (κ1) is 20.2. The highest BCUT2D eigenvalue weighted by atomic mass is 14.9. The van der Waals surface area contributed by atoms with Crippen molar-refractivity contribution in [1.29, 1.82) is 0 Å². The molecular formula is C30H34N+. The van der Waals surface area contributed by atoms with Crippen LogP contribution in [-0.2, 0) is 18.9 Å². The van der Waals surface area contributed by atoms with Gasteiger partial charge in [-0.3, -0.25) is 0 Å². The van der Waals surface area contributed by atoms with Gasteiger partial charge in [0.15, 0.2) is 0 Å². The lowest BCUT2D eigenvalue weighted by Crippen LogP contribution is -2.39. The average molecular weight is 409 g/mol. The van der Waals surface area contributed by atoms with E-state index in [1.165, 1.54) is 66.3 Å². The van der Waals surface area contributed by atoms with Crippen molar-refractivity contribution in [3.63, 3.8) is 0 Å². The molecule has 1 heterocycles. The number of rotatable bonds is 2. The molecule has 0 spiro atoms. The van der Waals surface area contributed by atoms with E-state index in [4.69, 9.17) is 0 Å². The smallest absolute Gasteiger partial charge is 0.194 e. The number of nitrogens with zero attached hydrogens (tertiary/aromatic N) is 1. The molecule has 0 N–H and O–H groups in total. The van der Waals surface area contributed by atoms with Gasteiger partial charge in [-0.25, -0.2) is 0 Å². The first-order valence-corrected chi connectivity index (χ1v) is 11.6. The van der Waals surface area contributed by atoms with Gasteiger partial charge < -0.3 is 0 Å². The number of fused-ring (bicyclic) bond motifs is 3. The lowest BCUT2D eigenvalue weighted by Gasteiger charge is -2.34. The largest absolute Gasteiger partial charge is 0.217 e. The summed E-state index contributed by atoms with van der Waals surface area (Å²) in [5.74, 6) is 0.641. The SMILES string of the molecule is Cc1cc2c3c(c(C)c(C)cc3c1)-c1c(cc3c(CC(C)C)cccc3[n+]1C)C2(C)C. The van der Waals surface area contributed by atoms with Gasteiger partial charge in [0.2, 0.25) is 11.2 Å². The Morgan fingerprint density at radius 1 is 0.935 bits per heavy atom. The van der Waals surface area contributed by atoms with Crippen molar-refractivity contribution in [3.8, 4) is 11.3 Å². The molecule has 0 aliphatic heterocycles. The van der Waals surface area contributed by atoms with Crippen molar-refractivity contribution in [2.24, 2.45) is 13.0 Å². The van der Waals surface area contributed by atoms with E-state index in [0.717, 1.165) is 6.42 Å². The van der Waals surface area contributed by atoms with Crippen molar-refractivity contribution < 1.29 is 4.57 Å². The molecule has 1 heteroatoms. The monoisotopic (exact) mass is 408 g/mol. The van der Waals surface area contributed by atoms with E-state index in [1.54, 1.807) is 0 Å². The van der Waals surface area contributed by atoms with Gasteiger partial charge in [-0.05, 0) is 72.2 Å². The molecule has 0 saturated carbocycles. The Labute approximate surface area is 186 Å². The van der Waals surface area contributed by atoms with Crippen LogP contribution in [0, 0.1) is 26.7 Å². The highest BCUT2D eigenvalue weighted by Gasteiger charge is 2.40. The highest BCUT2D eigenvalue weighted by molar-refractivity contribution is 6.04. The van der Waals surface area contributed by atoms with Gasteiger partial charge in [0.1, 0.15) is 7.05 Å². The minimum Gasteiger partial charge on any atom is -0.194 e. The Balaban J connectivity index is 2.01. The lowest BCUT2D eigenvalue weighted by atomic mass is 9.68. The second kappa shape index (κ2) is 6.66. The third-order valence-electron chi connectivity index (χ3n) is 7.53. The standard InChI is InChI=1S/C30H34N/c1-17(2)12-21-10-9-11-26-23(21)16-25-29(31(26)8)27-20(5)19(4)15-22-13-18(3)14-24(28(22)27)30(25,6)7/h9-11,13-17H,12H2,1-8H3/q+1. The normalized spacial score (nSPS) is 14.5. The molecule has 0 radical (unpaired) electrons. The van der Waals surface area contributed by atoms with Gasteiger partial charge in [-0.15, -0.1) is 0 Å². The van der Waals surface area contributed by atoms with Crippen LogP contribution in [0.25, 0.3) is 32.9 Å². The van der Waals surface area contributed by atoms with Gasteiger partial charge in [0, 0.05) is 22.4 Å². The molecule has 31 heavy (non-hydrogen) atoms. The fraction of sp³-hybridized carbons (Fsp3) is 0.367. The van der Waals surface area contributed by atoms with E-state index in [-0.39, 0.29) is 5.41 Å². The molecule has 4 aromatic rings. The summed E-state index contributed by atoms with van der Waals surface area (Å²) in [5.41, 5.74) is 12.6. The maximum absolute atomic E-state index is 2.52. The molecule has 0 amide bonds. The Kier molecular flexibility index (Phi) is 4.35. The molecule has 3 aromatic carbocycles. The number of aromatic nitrogens is 1. The Bertz CT molecular complexity index is 1390. The molecule has 0 bridgehead atoms. The first-order chi connectivity index (χ1) is 14.6. The fourth-order valence-corrected chi connectivity index (χ4v) is 5.84. The zero-order valence-corrected chi connectivity index (χ0v) is 20.3. The highest BCUT2D eigenvalue weighted by Crippen LogP contribution is 2.50. The van der Waals surface area contributed by atoms with E-state index in [2.05, 4.69) is 103 Å². The quantitative estimate of drug-likeness (QED) is 0.308. The zero-order valence-electron chi connectivity index (χ0n) is 20.3. The summed E-state index contributed by atoms with van der Waals surface area (Å²) in [7, 11) is 2.27. The summed E-state index contributed by atoms with van der Waals surface area (Å²) >= 11 is 0. The molecule has 0 unspecified atom stereocenters. The third kappa shape index (κ3) is 2.79. The van der Waals surface area contributed by atoms with Crippen molar-refractivity contribution in [3.05, 3.63) is 75.8 Å². The molecule has 5 rings (SSSR count). The van der Waals surface area contributed by atoms with Crippen molar-refractivity contribution in [2.45, 2.75) is 60.3 Å². The molecule has 158 valence electrons. The van der Waals surface area contributed by atoms with Crippen LogP contribution in [0.4, 0.5) is 0 Å². The maximum atomic E-state index is 2.52. The van der Waals surface area contributed by atoms with Gasteiger partial charge in [0.05, 0.1) is 5.56 Å². The molecule has 1 aliphatic carbocycles. The summed E-state index contributed by atoms with van der Waals surface area (Å²) in [6, 6.07) is 16.5. The van der Waals surface area contributed by atoms with Gasteiger partial charge in [-0.2, -0.15) is 4.57 Å². The first-order valence-electron chi connectivity index (χ1n) is 11.6. The number of aryl methyl sites for hydroxylation is 3. The molecule has 1 aromatic heterocycles. The van der Waals surface area contributed by atoms with E-state index in [9.17, 15) is 0 Å².